The van der Waals surface area contributed by atoms with Gasteiger partial charge in [0.05, 0.1) is 11.9 Å². The summed E-state index contributed by atoms with van der Waals surface area (Å²) >= 11 is 12.6. The zero-order valence-corrected chi connectivity index (χ0v) is 21.8. The number of halogens is 3. The molecule has 1 aliphatic carbocycles. The quantitative estimate of drug-likeness (QED) is 0.508. The highest BCUT2D eigenvalue weighted by atomic mass is 35.5. The SMILES string of the molecule is C[C@@H](C(=O)NC1CCCC1)N(Cc1c(Cl)cccc1Cl)C(=O)CN(c1ccccc1F)S(C)(=O)=O. The Labute approximate surface area is 215 Å². The van der Waals surface area contributed by atoms with E-state index in [0.29, 0.717) is 19.9 Å². The van der Waals surface area contributed by atoms with Gasteiger partial charge >= 0.3 is 0 Å². The molecule has 0 unspecified atom stereocenters. The predicted octanol–water partition coefficient (Wildman–Crippen LogP) is 4.37. The lowest BCUT2D eigenvalue weighted by molar-refractivity contribution is -0.139. The molecule has 0 saturated heterocycles. The lowest BCUT2D eigenvalue weighted by atomic mass is 10.1. The number of amides is 2. The van der Waals surface area contributed by atoms with Crippen LogP contribution in [0.15, 0.2) is 42.5 Å². The van der Waals surface area contributed by atoms with E-state index in [-0.39, 0.29) is 24.2 Å². The van der Waals surface area contributed by atoms with Gasteiger partial charge in [-0.05, 0) is 44.0 Å². The number of rotatable bonds is 9. The molecule has 0 heterocycles. The highest BCUT2D eigenvalue weighted by Gasteiger charge is 2.32. The van der Waals surface area contributed by atoms with Crippen molar-refractivity contribution >= 4 is 50.7 Å². The number of carbonyl (C=O) groups excluding carboxylic acids is 2. The Balaban J connectivity index is 1.93. The Morgan fingerprint density at radius 2 is 1.69 bits per heavy atom. The summed E-state index contributed by atoms with van der Waals surface area (Å²) in [5.41, 5.74) is 0.156. The molecule has 1 fully saturated rings. The van der Waals surface area contributed by atoms with Crippen LogP contribution >= 0.6 is 23.2 Å². The van der Waals surface area contributed by atoms with Gasteiger partial charge in [-0.1, -0.05) is 54.2 Å². The van der Waals surface area contributed by atoms with Crippen molar-refractivity contribution in [1.82, 2.24) is 10.2 Å². The van der Waals surface area contributed by atoms with Crippen LogP contribution in [0.3, 0.4) is 0 Å². The molecule has 0 radical (unpaired) electrons. The first-order chi connectivity index (χ1) is 16.5. The number of hydrogen-bond acceptors (Lipinski definition) is 4. The third-order valence-electron chi connectivity index (χ3n) is 6.06. The van der Waals surface area contributed by atoms with Crippen molar-refractivity contribution in [2.45, 2.75) is 51.2 Å². The van der Waals surface area contributed by atoms with Crippen LogP contribution in [-0.2, 0) is 26.2 Å². The molecule has 0 aromatic heterocycles. The van der Waals surface area contributed by atoms with Crippen molar-refractivity contribution in [2.75, 3.05) is 17.1 Å². The summed E-state index contributed by atoms with van der Waals surface area (Å²) < 4.78 is 40.2. The molecule has 1 saturated carbocycles. The first-order valence-corrected chi connectivity index (χ1v) is 13.8. The summed E-state index contributed by atoms with van der Waals surface area (Å²) in [5.74, 6) is -1.87. The Kier molecular flexibility index (Phi) is 9.01. The van der Waals surface area contributed by atoms with Crippen molar-refractivity contribution in [1.29, 1.82) is 0 Å². The van der Waals surface area contributed by atoms with E-state index in [0.717, 1.165) is 38.0 Å². The summed E-state index contributed by atoms with van der Waals surface area (Å²) in [5, 5.41) is 3.56. The van der Waals surface area contributed by atoms with Crippen LogP contribution in [0.1, 0.15) is 38.2 Å². The average Bonchev–Trinajstić information content (AvgIpc) is 3.29. The fourth-order valence-electron chi connectivity index (χ4n) is 4.08. The summed E-state index contributed by atoms with van der Waals surface area (Å²) in [6.07, 6.45) is 4.64. The number of nitrogens with zero attached hydrogens (tertiary/aromatic N) is 2. The Morgan fingerprint density at radius 3 is 2.26 bits per heavy atom. The number of sulfonamides is 1. The molecule has 11 heteroatoms. The maximum absolute atomic E-state index is 14.5. The summed E-state index contributed by atoms with van der Waals surface area (Å²) in [4.78, 5) is 27.8. The molecule has 0 spiro atoms. The molecule has 0 aliphatic heterocycles. The smallest absolute Gasteiger partial charge is 0.244 e. The number of nitrogens with one attached hydrogen (secondary N) is 1. The lowest BCUT2D eigenvalue weighted by Crippen LogP contribution is -2.52. The molecule has 7 nitrogen and oxygen atoms in total. The molecule has 2 aromatic carbocycles. The molecule has 190 valence electrons. The minimum absolute atomic E-state index is 0.0248. The van der Waals surface area contributed by atoms with E-state index in [4.69, 9.17) is 23.2 Å². The Bertz CT molecular complexity index is 1170. The van der Waals surface area contributed by atoms with Crippen LogP contribution in [0.25, 0.3) is 0 Å². The maximum Gasteiger partial charge on any atom is 0.244 e. The van der Waals surface area contributed by atoms with Gasteiger partial charge in [-0.15, -0.1) is 0 Å². The van der Waals surface area contributed by atoms with Crippen LogP contribution in [-0.4, -0.2) is 50.0 Å². The standard InChI is InChI=1S/C24H28Cl2FN3O4S/c1-16(24(32)28-17-8-3-4-9-17)29(14-18-19(25)10-7-11-20(18)26)23(31)15-30(35(2,33)34)22-13-6-5-12-21(22)27/h5-7,10-13,16-17H,3-4,8-9,14-15H2,1-2H3,(H,28,32)/t16-/m0/s1. The van der Waals surface area contributed by atoms with E-state index in [1.54, 1.807) is 25.1 Å². The number of hydrogen-bond donors (Lipinski definition) is 1. The van der Waals surface area contributed by atoms with Gasteiger partial charge in [-0.2, -0.15) is 0 Å². The topological polar surface area (TPSA) is 86.8 Å². The number of benzene rings is 2. The molecule has 2 amide bonds. The van der Waals surface area contributed by atoms with Crippen molar-refractivity contribution in [3.8, 4) is 0 Å². The van der Waals surface area contributed by atoms with Crippen LogP contribution in [0.5, 0.6) is 0 Å². The number of para-hydroxylation sites is 1. The molecule has 2 aromatic rings. The van der Waals surface area contributed by atoms with Gasteiger partial charge in [0.15, 0.2) is 0 Å². The van der Waals surface area contributed by atoms with Crippen molar-refractivity contribution < 1.29 is 22.4 Å². The molecule has 3 rings (SSSR count). The average molecular weight is 544 g/mol. The third kappa shape index (κ3) is 6.86. The molecule has 1 aliphatic rings. The van der Waals surface area contributed by atoms with Gasteiger partial charge in [0, 0.05) is 28.2 Å². The van der Waals surface area contributed by atoms with Gasteiger partial charge in [-0.3, -0.25) is 13.9 Å². The van der Waals surface area contributed by atoms with Crippen molar-refractivity contribution in [3.05, 3.63) is 63.9 Å². The van der Waals surface area contributed by atoms with E-state index >= 15 is 0 Å². The lowest BCUT2D eigenvalue weighted by Gasteiger charge is -2.32. The van der Waals surface area contributed by atoms with E-state index in [9.17, 15) is 22.4 Å². The minimum Gasteiger partial charge on any atom is -0.352 e. The second-order valence-corrected chi connectivity index (χ2v) is 11.3. The van der Waals surface area contributed by atoms with Gasteiger partial charge in [0.2, 0.25) is 21.8 Å². The molecule has 35 heavy (non-hydrogen) atoms. The molecule has 1 atom stereocenters. The normalized spacial score (nSPS) is 15.0. The summed E-state index contributed by atoms with van der Waals surface area (Å²) in [7, 11) is -4.03. The Morgan fingerprint density at radius 1 is 1.09 bits per heavy atom. The maximum atomic E-state index is 14.5. The summed E-state index contributed by atoms with van der Waals surface area (Å²) in [6.45, 7) is 0.717. The predicted molar refractivity (Wildman–Crippen MR) is 135 cm³/mol. The third-order valence-corrected chi connectivity index (χ3v) is 7.89. The van der Waals surface area contributed by atoms with Crippen LogP contribution in [0, 0.1) is 5.82 Å². The Hall–Kier alpha value is -2.36. The fraction of sp³-hybridized carbons (Fsp3) is 0.417. The van der Waals surface area contributed by atoms with Crippen LogP contribution in [0.4, 0.5) is 10.1 Å². The van der Waals surface area contributed by atoms with E-state index in [1.807, 2.05) is 0 Å². The second kappa shape index (κ2) is 11.6. The zero-order valence-electron chi connectivity index (χ0n) is 19.5. The monoisotopic (exact) mass is 543 g/mol. The largest absolute Gasteiger partial charge is 0.352 e. The van der Waals surface area contributed by atoms with Gasteiger partial charge in [0.25, 0.3) is 0 Å². The molecule has 0 bridgehead atoms. The number of carbonyl (C=O) groups is 2. The van der Waals surface area contributed by atoms with Gasteiger partial charge < -0.3 is 10.2 Å². The molecular weight excluding hydrogens is 516 g/mol. The van der Waals surface area contributed by atoms with Gasteiger partial charge in [0.1, 0.15) is 18.4 Å². The van der Waals surface area contributed by atoms with E-state index < -0.39 is 34.3 Å². The summed E-state index contributed by atoms with van der Waals surface area (Å²) in [6, 6.07) is 9.21. The van der Waals surface area contributed by atoms with Crippen LogP contribution < -0.4 is 9.62 Å². The van der Waals surface area contributed by atoms with Gasteiger partial charge in [-0.25, -0.2) is 12.8 Å². The van der Waals surface area contributed by atoms with Crippen molar-refractivity contribution in [3.63, 3.8) is 0 Å². The van der Waals surface area contributed by atoms with Crippen LogP contribution in [0.2, 0.25) is 10.0 Å². The molecular formula is C24H28Cl2FN3O4S. The number of anilines is 1. The fourth-order valence-corrected chi connectivity index (χ4v) is 5.44. The van der Waals surface area contributed by atoms with E-state index in [2.05, 4.69) is 5.32 Å². The van der Waals surface area contributed by atoms with Crippen molar-refractivity contribution in [2.24, 2.45) is 0 Å². The highest BCUT2D eigenvalue weighted by Crippen LogP contribution is 2.28. The van der Waals surface area contributed by atoms with E-state index in [1.165, 1.54) is 23.1 Å². The minimum atomic E-state index is -4.03. The molecule has 1 N–H and O–H groups in total. The second-order valence-electron chi connectivity index (χ2n) is 8.61. The highest BCUT2D eigenvalue weighted by molar-refractivity contribution is 7.92. The zero-order chi connectivity index (χ0) is 25.8. The first-order valence-electron chi connectivity index (χ1n) is 11.2. The first kappa shape index (κ1) is 27.2.